The van der Waals surface area contributed by atoms with E-state index in [2.05, 4.69) is 21.3 Å². The topological polar surface area (TPSA) is 157 Å². The fraction of sp³-hybridized carbons (Fsp3) is 0.750. The molecule has 1 aliphatic rings. The molecular weight excluding hydrogens is 376 g/mol. The molecule has 1 rings (SSSR count). The van der Waals surface area contributed by atoms with E-state index in [1.807, 2.05) is 6.26 Å². The van der Waals surface area contributed by atoms with Gasteiger partial charge < -0.3 is 31.5 Å². The minimum absolute atomic E-state index is 0.281. The van der Waals surface area contributed by atoms with E-state index < -0.39 is 48.6 Å². The highest BCUT2D eigenvalue weighted by Gasteiger charge is 2.32. The van der Waals surface area contributed by atoms with E-state index in [9.17, 15) is 24.3 Å². The lowest BCUT2D eigenvalue weighted by atomic mass is 10.1. The number of carboxylic acids is 1. The van der Waals surface area contributed by atoms with E-state index in [1.54, 1.807) is 0 Å². The zero-order valence-electron chi connectivity index (χ0n) is 15.5. The Morgan fingerprint density at radius 3 is 2.44 bits per heavy atom. The number of amides is 3. The van der Waals surface area contributed by atoms with Gasteiger partial charge in [0.2, 0.25) is 17.7 Å². The van der Waals surface area contributed by atoms with Crippen molar-refractivity contribution in [2.24, 2.45) is 0 Å². The molecule has 27 heavy (non-hydrogen) atoms. The average molecular weight is 404 g/mol. The van der Waals surface area contributed by atoms with Crippen LogP contribution in [0.1, 0.15) is 26.2 Å². The molecule has 0 bridgehead atoms. The maximum Gasteiger partial charge on any atom is 0.322 e. The van der Waals surface area contributed by atoms with Crippen LogP contribution in [0.15, 0.2) is 0 Å². The molecule has 1 heterocycles. The van der Waals surface area contributed by atoms with Crippen LogP contribution in [0.4, 0.5) is 0 Å². The predicted molar refractivity (Wildman–Crippen MR) is 100 cm³/mol. The van der Waals surface area contributed by atoms with Crippen molar-refractivity contribution in [2.75, 3.05) is 25.1 Å². The number of aliphatic hydroxyl groups is 1. The van der Waals surface area contributed by atoms with Crippen LogP contribution in [0.3, 0.4) is 0 Å². The molecule has 11 heteroatoms. The predicted octanol–water partition coefficient (Wildman–Crippen LogP) is -1.96. The van der Waals surface area contributed by atoms with Gasteiger partial charge in [-0.25, -0.2) is 0 Å². The molecule has 3 amide bonds. The summed E-state index contributed by atoms with van der Waals surface area (Å²) in [5.74, 6) is -2.36. The highest BCUT2D eigenvalue weighted by Crippen LogP contribution is 2.07. The number of aliphatic hydroxyl groups excluding tert-OH is 1. The number of carbonyl (C=O) groups excluding carboxylic acids is 3. The van der Waals surface area contributed by atoms with Crippen molar-refractivity contribution in [3.05, 3.63) is 0 Å². The van der Waals surface area contributed by atoms with Crippen molar-refractivity contribution in [1.29, 1.82) is 0 Å². The fourth-order valence-electron chi connectivity index (χ4n) is 2.62. The van der Waals surface area contributed by atoms with Gasteiger partial charge in [0.05, 0.1) is 12.1 Å². The summed E-state index contributed by atoms with van der Waals surface area (Å²) in [6.45, 7) is 1.52. The second-order valence-corrected chi connectivity index (χ2v) is 7.32. The zero-order chi connectivity index (χ0) is 20.4. The summed E-state index contributed by atoms with van der Waals surface area (Å²) in [4.78, 5) is 47.5. The van der Waals surface area contributed by atoms with E-state index >= 15 is 0 Å². The third-order valence-corrected chi connectivity index (χ3v) is 4.74. The Bertz CT molecular complexity index is 539. The van der Waals surface area contributed by atoms with Crippen LogP contribution < -0.4 is 21.3 Å². The molecule has 0 aromatic heterocycles. The SMILES string of the molecule is CSCCC(NC(=O)C(NC(=O)C1CCCN1)C(C)O)C(=O)NCC(=O)O. The average Bonchev–Trinajstić information content (AvgIpc) is 3.15. The van der Waals surface area contributed by atoms with Crippen LogP contribution >= 0.6 is 11.8 Å². The Hall–Kier alpha value is -1.85. The Morgan fingerprint density at radius 2 is 1.93 bits per heavy atom. The first-order valence-corrected chi connectivity index (χ1v) is 10.2. The highest BCUT2D eigenvalue weighted by atomic mass is 32.2. The molecule has 0 spiro atoms. The summed E-state index contributed by atoms with van der Waals surface area (Å²) in [6, 6.07) is -2.60. The van der Waals surface area contributed by atoms with Crippen LogP contribution in [0.5, 0.6) is 0 Å². The largest absolute Gasteiger partial charge is 0.480 e. The first-order chi connectivity index (χ1) is 12.8. The van der Waals surface area contributed by atoms with Crippen LogP contribution in [-0.4, -0.2) is 83.2 Å². The Morgan fingerprint density at radius 1 is 1.22 bits per heavy atom. The van der Waals surface area contributed by atoms with Gasteiger partial charge >= 0.3 is 5.97 Å². The lowest BCUT2D eigenvalue weighted by Gasteiger charge is -2.25. The molecule has 0 radical (unpaired) electrons. The van der Waals surface area contributed by atoms with E-state index in [-0.39, 0.29) is 12.3 Å². The number of rotatable bonds is 11. The normalized spacial score (nSPS) is 19.6. The molecule has 4 unspecified atom stereocenters. The van der Waals surface area contributed by atoms with E-state index in [0.29, 0.717) is 18.7 Å². The first-order valence-electron chi connectivity index (χ1n) is 8.77. The van der Waals surface area contributed by atoms with E-state index in [0.717, 1.165) is 6.42 Å². The second-order valence-electron chi connectivity index (χ2n) is 6.33. The van der Waals surface area contributed by atoms with Gasteiger partial charge in [0, 0.05) is 0 Å². The number of hydrogen-bond acceptors (Lipinski definition) is 7. The molecule has 0 saturated carbocycles. The summed E-state index contributed by atoms with van der Waals surface area (Å²) in [7, 11) is 0. The Kier molecular flexibility index (Phi) is 10.1. The maximum absolute atomic E-state index is 12.5. The van der Waals surface area contributed by atoms with Gasteiger partial charge in [-0.15, -0.1) is 0 Å². The summed E-state index contributed by atoms with van der Waals surface area (Å²) in [6.07, 6.45) is 2.45. The van der Waals surface area contributed by atoms with Crippen LogP contribution in [0, 0.1) is 0 Å². The molecular formula is C16H28N4O6S. The van der Waals surface area contributed by atoms with Crippen LogP contribution in [0.2, 0.25) is 0 Å². The van der Waals surface area contributed by atoms with Crippen molar-refractivity contribution in [2.45, 2.75) is 50.4 Å². The molecule has 1 saturated heterocycles. The van der Waals surface area contributed by atoms with Gasteiger partial charge in [-0.05, 0) is 44.7 Å². The van der Waals surface area contributed by atoms with Crippen LogP contribution in [0.25, 0.3) is 0 Å². The summed E-state index contributed by atoms with van der Waals surface area (Å²) < 4.78 is 0. The maximum atomic E-state index is 12.5. The Labute approximate surface area is 162 Å². The van der Waals surface area contributed by atoms with Crippen molar-refractivity contribution in [3.8, 4) is 0 Å². The minimum atomic E-state index is -1.22. The molecule has 6 N–H and O–H groups in total. The monoisotopic (exact) mass is 404 g/mol. The summed E-state index contributed by atoms with van der Waals surface area (Å²) >= 11 is 1.47. The molecule has 1 fully saturated rings. The number of aliphatic carboxylic acids is 1. The quantitative estimate of drug-likeness (QED) is 0.232. The molecule has 1 aliphatic heterocycles. The number of nitrogens with one attached hydrogen (secondary N) is 4. The number of thioether (sulfide) groups is 1. The van der Waals surface area contributed by atoms with Crippen molar-refractivity contribution in [3.63, 3.8) is 0 Å². The lowest BCUT2D eigenvalue weighted by Crippen LogP contribution is -2.59. The molecule has 10 nitrogen and oxygen atoms in total. The van der Waals surface area contributed by atoms with Gasteiger partial charge in [0.1, 0.15) is 18.6 Å². The summed E-state index contributed by atoms with van der Waals surface area (Å²) in [5.41, 5.74) is 0. The van der Waals surface area contributed by atoms with Gasteiger partial charge in [-0.1, -0.05) is 0 Å². The molecule has 4 atom stereocenters. The minimum Gasteiger partial charge on any atom is -0.480 e. The Balaban J connectivity index is 2.73. The third kappa shape index (κ3) is 8.14. The van der Waals surface area contributed by atoms with Crippen molar-refractivity contribution >= 4 is 35.5 Å². The number of carbonyl (C=O) groups is 4. The van der Waals surface area contributed by atoms with Crippen LogP contribution in [-0.2, 0) is 19.2 Å². The molecule has 0 aliphatic carbocycles. The number of carboxylic acid groups (broad SMARTS) is 1. The molecule has 0 aromatic rings. The lowest BCUT2D eigenvalue weighted by molar-refractivity contribution is -0.138. The number of hydrogen-bond donors (Lipinski definition) is 6. The second kappa shape index (κ2) is 11.8. The first kappa shape index (κ1) is 23.2. The smallest absolute Gasteiger partial charge is 0.322 e. The van der Waals surface area contributed by atoms with Gasteiger partial charge in [0.25, 0.3) is 0 Å². The van der Waals surface area contributed by atoms with Gasteiger partial charge in [-0.2, -0.15) is 11.8 Å². The van der Waals surface area contributed by atoms with Crippen molar-refractivity contribution < 1.29 is 29.4 Å². The van der Waals surface area contributed by atoms with Gasteiger partial charge in [0.15, 0.2) is 0 Å². The molecule has 154 valence electrons. The molecule has 0 aromatic carbocycles. The zero-order valence-corrected chi connectivity index (χ0v) is 16.3. The summed E-state index contributed by atoms with van der Waals surface area (Å²) in [5, 5.41) is 28.8. The highest BCUT2D eigenvalue weighted by molar-refractivity contribution is 7.98. The third-order valence-electron chi connectivity index (χ3n) is 4.10. The van der Waals surface area contributed by atoms with E-state index in [1.165, 1.54) is 18.7 Å². The fourth-order valence-corrected chi connectivity index (χ4v) is 3.09. The van der Waals surface area contributed by atoms with Gasteiger partial charge in [-0.3, -0.25) is 19.2 Å². The van der Waals surface area contributed by atoms with E-state index in [4.69, 9.17) is 5.11 Å². The standard InChI is InChI=1S/C16H28N4O6S/c1-9(21)13(20-15(25)10-4-3-6-17-10)16(26)19-11(5-7-27-2)14(24)18-8-12(22)23/h9-11,13,17,21H,3-8H2,1-2H3,(H,18,24)(H,19,26)(H,20,25)(H,22,23). The van der Waals surface area contributed by atoms with Crippen molar-refractivity contribution in [1.82, 2.24) is 21.3 Å².